The Morgan fingerprint density at radius 2 is 1.68 bits per heavy atom. The van der Waals surface area contributed by atoms with Crippen LogP contribution in [0.2, 0.25) is 0 Å². The van der Waals surface area contributed by atoms with Crippen molar-refractivity contribution in [2.45, 2.75) is 51.6 Å². The summed E-state index contributed by atoms with van der Waals surface area (Å²) in [6.07, 6.45) is 0.841. The minimum absolute atomic E-state index is 0.0512. The standard InChI is InChI=1S/C24H31BrN2O3S/c1-5-17(2)26-24(29)18(3)27(14-19-8-12-22(30-4)13-9-19)23(28)16-31-15-20-6-10-21(25)11-7-20/h6-13,17-18H,5,14-16H2,1-4H3,(H,26,29). The van der Waals surface area contributed by atoms with Gasteiger partial charge in [-0.15, -0.1) is 11.8 Å². The molecule has 31 heavy (non-hydrogen) atoms. The first-order valence-corrected chi connectivity index (χ1v) is 12.3. The molecule has 0 aliphatic carbocycles. The van der Waals surface area contributed by atoms with E-state index in [1.165, 1.54) is 0 Å². The Hall–Kier alpha value is -1.99. The van der Waals surface area contributed by atoms with Gasteiger partial charge in [0.2, 0.25) is 11.8 Å². The van der Waals surface area contributed by atoms with E-state index in [4.69, 9.17) is 4.74 Å². The normalized spacial score (nSPS) is 12.7. The minimum atomic E-state index is -0.558. The van der Waals surface area contributed by atoms with Gasteiger partial charge in [-0.3, -0.25) is 9.59 Å². The highest BCUT2D eigenvalue weighted by Crippen LogP contribution is 2.19. The third kappa shape index (κ3) is 8.22. The van der Waals surface area contributed by atoms with Crippen LogP contribution in [0, 0.1) is 0 Å². The number of methoxy groups -OCH3 is 1. The second-order valence-corrected chi connectivity index (χ2v) is 9.38. The number of halogens is 1. The number of hydrogen-bond acceptors (Lipinski definition) is 4. The van der Waals surface area contributed by atoms with Crippen LogP contribution in [0.1, 0.15) is 38.3 Å². The van der Waals surface area contributed by atoms with Crippen LogP contribution in [0.25, 0.3) is 0 Å². The van der Waals surface area contributed by atoms with Gasteiger partial charge in [0, 0.05) is 22.8 Å². The van der Waals surface area contributed by atoms with Crippen LogP contribution in [-0.4, -0.2) is 41.7 Å². The average molecular weight is 507 g/mol. The molecular formula is C24H31BrN2O3S. The lowest BCUT2D eigenvalue weighted by Crippen LogP contribution is -2.50. The quantitative estimate of drug-likeness (QED) is 0.464. The fraction of sp³-hybridized carbons (Fsp3) is 0.417. The molecule has 0 aliphatic rings. The number of nitrogens with one attached hydrogen (secondary N) is 1. The van der Waals surface area contributed by atoms with Crippen LogP contribution in [0.4, 0.5) is 0 Å². The summed E-state index contributed by atoms with van der Waals surface area (Å²) in [6, 6.07) is 15.2. The zero-order valence-electron chi connectivity index (χ0n) is 18.6. The summed E-state index contributed by atoms with van der Waals surface area (Å²) in [4.78, 5) is 27.5. The number of thioether (sulfide) groups is 1. The number of amides is 2. The van der Waals surface area contributed by atoms with E-state index >= 15 is 0 Å². The van der Waals surface area contributed by atoms with Crippen LogP contribution >= 0.6 is 27.7 Å². The molecule has 0 spiro atoms. The van der Waals surface area contributed by atoms with Gasteiger partial charge < -0.3 is 15.0 Å². The molecule has 0 saturated carbocycles. The first-order chi connectivity index (χ1) is 14.8. The minimum Gasteiger partial charge on any atom is -0.497 e. The van der Waals surface area contributed by atoms with Gasteiger partial charge in [-0.1, -0.05) is 47.1 Å². The molecule has 0 aromatic heterocycles. The molecule has 0 heterocycles. The van der Waals surface area contributed by atoms with Crippen LogP contribution in [0.5, 0.6) is 5.75 Å². The third-order valence-corrected chi connectivity index (χ3v) is 6.61. The summed E-state index contributed by atoms with van der Waals surface area (Å²) in [5.41, 5.74) is 2.11. The van der Waals surface area contributed by atoms with E-state index in [0.717, 1.165) is 33.5 Å². The molecule has 0 bridgehead atoms. The number of benzene rings is 2. The second-order valence-electron chi connectivity index (χ2n) is 7.48. The Labute approximate surface area is 198 Å². The molecule has 7 heteroatoms. The van der Waals surface area contributed by atoms with Crippen molar-refractivity contribution in [2.75, 3.05) is 12.9 Å². The second kappa shape index (κ2) is 12.8. The van der Waals surface area contributed by atoms with Crippen LogP contribution in [0.3, 0.4) is 0 Å². The first-order valence-electron chi connectivity index (χ1n) is 10.4. The van der Waals surface area contributed by atoms with Gasteiger partial charge in [0.05, 0.1) is 12.9 Å². The maximum atomic E-state index is 13.1. The number of rotatable bonds is 11. The van der Waals surface area contributed by atoms with E-state index in [2.05, 4.69) is 21.2 Å². The van der Waals surface area contributed by atoms with Crippen molar-refractivity contribution < 1.29 is 14.3 Å². The topological polar surface area (TPSA) is 58.6 Å². The fourth-order valence-electron chi connectivity index (χ4n) is 2.90. The summed E-state index contributed by atoms with van der Waals surface area (Å²) >= 11 is 4.99. The van der Waals surface area contributed by atoms with Crippen molar-refractivity contribution in [1.29, 1.82) is 0 Å². The van der Waals surface area contributed by atoms with Gasteiger partial charge in [-0.2, -0.15) is 0 Å². The smallest absolute Gasteiger partial charge is 0.242 e. The van der Waals surface area contributed by atoms with E-state index < -0.39 is 6.04 Å². The molecule has 5 nitrogen and oxygen atoms in total. The molecule has 2 rings (SSSR count). The molecule has 0 aliphatic heterocycles. The highest BCUT2D eigenvalue weighted by atomic mass is 79.9. The van der Waals surface area contributed by atoms with Gasteiger partial charge in [-0.25, -0.2) is 0 Å². The number of ether oxygens (including phenoxy) is 1. The largest absolute Gasteiger partial charge is 0.497 e. The van der Waals surface area contributed by atoms with Crippen molar-refractivity contribution in [2.24, 2.45) is 0 Å². The number of nitrogens with zero attached hydrogens (tertiary/aromatic N) is 1. The molecule has 2 amide bonds. The molecule has 168 valence electrons. The summed E-state index contributed by atoms with van der Waals surface area (Å²) in [6.45, 7) is 6.15. The molecule has 2 aromatic carbocycles. The average Bonchev–Trinajstić information content (AvgIpc) is 2.78. The first kappa shape index (κ1) is 25.3. The molecule has 2 aromatic rings. The van der Waals surface area contributed by atoms with Crippen molar-refractivity contribution >= 4 is 39.5 Å². The van der Waals surface area contributed by atoms with Crippen molar-refractivity contribution in [3.8, 4) is 5.75 Å². The van der Waals surface area contributed by atoms with E-state index in [1.807, 2.05) is 62.4 Å². The van der Waals surface area contributed by atoms with Gasteiger partial charge in [-0.05, 0) is 55.7 Å². The highest BCUT2D eigenvalue weighted by Gasteiger charge is 2.26. The monoisotopic (exact) mass is 506 g/mol. The molecule has 2 atom stereocenters. The molecule has 1 N–H and O–H groups in total. The fourth-order valence-corrected chi connectivity index (χ4v) is 4.03. The summed E-state index contributed by atoms with van der Waals surface area (Å²) in [5.74, 6) is 1.63. The maximum absolute atomic E-state index is 13.1. The molecule has 0 fully saturated rings. The predicted octanol–water partition coefficient (Wildman–Crippen LogP) is 5.02. The maximum Gasteiger partial charge on any atom is 0.242 e. The Bertz CT molecular complexity index is 843. The lowest BCUT2D eigenvalue weighted by molar-refractivity contribution is -0.138. The van der Waals surface area contributed by atoms with E-state index in [9.17, 15) is 9.59 Å². The Kier molecular flexibility index (Phi) is 10.4. The van der Waals surface area contributed by atoms with E-state index in [0.29, 0.717) is 12.3 Å². The van der Waals surface area contributed by atoms with Crippen LogP contribution < -0.4 is 10.1 Å². The predicted molar refractivity (Wildman–Crippen MR) is 131 cm³/mol. The SMILES string of the molecule is CCC(C)NC(=O)C(C)N(Cc1ccc(OC)cc1)C(=O)CSCc1ccc(Br)cc1. The zero-order valence-corrected chi connectivity index (χ0v) is 21.0. The summed E-state index contributed by atoms with van der Waals surface area (Å²) in [7, 11) is 1.62. The van der Waals surface area contributed by atoms with Gasteiger partial charge >= 0.3 is 0 Å². The Balaban J connectivity index is 2.07. The van der Waals surface area contributed by atoms with E-state index in [1.54, 1.807) is 30.7 Å². The van der Waals surface area contributed by atoms with Crippen LogP contribution in [0.15, 0.2) is 53.0 Å². The van der Waals surface area contributed by atoms with Gasteiger partial charge in [0.1, 0.15) is 11.8 Å². The lowest BCUT2D eigenvalue weighted by Gasteiger charge is -2.29. The third-order valence-electron chi connectivity index (χ3n) is 5.09. The Morgan fingerprint density at radius 3 is 2.26 bits per heavy atom. The molecule has 0 saturated heterocycles. The molecular weight excluding hydrogens is 476 g/mol. The van der Waals surface area contributed by atoms with Gasteiger partial charge in [0.15, 0.2) is 0 Å². The number of hydrogen-bond donors (Lipinski definition) is 1. The summed E-state index contributed by atoms with van der Waals surface area (Å²) < 4.78 is 6.25. The summed E-state index contributed by atoms with van der Waals surface area (Å²) in [5, 5.41) is 2.99. The van der Waals surface area contributed by atoms with Crippen molar-refractivity contribution in [1.82, 2.24) is 10.2 Å². The highest BCUT2D eigenvalue weighted by molar-refractivity contribution is 9.10. The number of carbonyl (C=O) groups is 2. The Morgan fingerprint density at radius 1 is 1.06 bits per heavy atom. The molecule has 2 unspecified atom stereocenters. The van der Waals surface area contributed by atoms with Crippen LogP contribution in [-0.2, 0) is 21.9 Å². The van der Waals surface area contributed by atoms with Gasteiger partial charge in [0.25, 0.3) is 0 Å². The lowest BCUT2D eigenvalue weighted by atomic mass is 10.1. The van der Waals surface area contributed by atoms with E-state index in [-0.39, 0.29) is 17.9 Å². The van der Waals surface area contributed by atoms with Crippen molar-refractivity contribution in [3.05, 3.63) is 64.1 Å². The molecule has 0 radical (unpaired) electrons. The number of carbonyl (C=O) groups excluding carboxylic acids is 2. The zero-order chi connectivity index (χ0) is 22.8. The van der Waals surface area contributed by atoms with Crippen molar-refractivity contribution in [3.63, 3.8) is 0 Å².